The quantitative estimate of drug-likeness (QED) is 0.597. The number of aldehydes is 1. The Morgan fingerprint density at radius 1 is 1.16 bits per heavy atom. The van der Waals surface area contributed by atoms with Crippen molar-refractivity contribution in [2.75, 3.05) is 7.05 Å². The summed E-state index contributed by atoms with van der Waals surface area (Å²) in [6, 6.07) is 13.3. The number of hydrazine groups is 1. The fraction of sp³-hybridized carbons (Fsp3) is 0.217. The summed E-state index contributed by atoms with van der Waals surface area (Å²) >= 11 is 0. The van der Waals surface area contributed by atoms with Gasteiger partial charge in [0.25, 0.3) is 0 Å². The normalized spacial score (nSPS) is 18.2. The molecule has 3 aromatic rings. The van der Waals surface area contributed by atoms with Crippen molar-refractivity contribution in [3.05, 3.63) is 82.1 Å². The molecule has 158 valence electrons. The average Bonchev–Trinajstić information content (AvgIpc) is 3.34. The number of hydrogen-bond acceptors (Lipinski definition) is 5. The number of carbonyl (C=O) groups is 1. The van der Waals surface area contributed by atoms with E-state index in [0.717, 1.165) is 23.0 Å². The zero-order chi connectivity index (χ0) is 21.8. The molecular weight excluding hydrogens is 407 g/mol. The third-order valence-corrected chi connectivity index (χ3v) is 5.82. The second-order valence-electron chi connectivity index (χ2n) is 7.67. The lowest BCUT2D eigenvalue weighted by atomic mass is 9.82. The molecule has 5 rings (SSSR count). The molecule has 0 fully saturated rings. The van der Waals surface area contributed by atoms with Crippen LogP contribution in [0.1, 0.15) is 45.2 Å². The van der Waals surface area contributed by atoms with Crippen LogP contribution in [0.4, 0.5) is 13.2 Å². The molecule has 0 saturated carbocycles. The van der Waals surface area contributed by atoms with Gasteiger partial charge in [0.05, 0.1) is 11.7 Å². The Kier molecular flexibility index (Phi) is 4.48. The highest BCUT2D eigenvalue weighted by Gasteiger charge is 2.45. The molecule has 2 heterocycles. The fourth-order valence-electron chi connectivity index (χ4n) is 4.49. The minimum atomic E-state index is -4.64. The van der Waals surface area contributed by atoms with E-state index in [1.807, 2.05) is 12.1 Å². The number of carbonyl (C=O) groups excluding carboxylic acids is 1. The van der Waals surface area contributed by atoms with Crippen LogP contribution in [0.3, 0.4) is 0 Å². The molecule has 2 aliphatic rings. The molecule has 0 spiro atoms. The lowest BCUT2D eigenvalue weighted by molar-refractivity contribution is -0.137. The van der Waals surface area contributed by atoms with Crippen molar-refractivity contribution in [1.82, 2.24) is 15.6 Å². The third-order valence-electron chi connectivity index (χ3n) is 5.82. The van der Waals surface area contributed by atoms with Crippen LogP contribution in [0.25, 0.3) is 17.0 Å². The number of halogens is 3. The van der Waals surface area contributed by atoms with Crippen LogP contribution in [-0.4, -0.2) is 23.5 Å². The molecule has 1 unspecified atom stereocenters. The fourth-order valence-corrected chi connectivity index (χ4v) is 4.49. The molecule has 1 atom stereocenters. The first-order valence-electron chi connectivity index (χ1n) is 9.82. The second kappa shape index (κ2) is 7.09. The van der Waals surface area contributed by atoms with Gasteiger partial charge in [0.15, 0.2) is 5.76 Å². The van der Waals surface area contributed by atoms with Gasteiger partial charge >= 0.3 is 6.18 Å². The first-order chi connectivity index (χ1) is 14.9. The molecule has 1 aliphatic carbocycles. The first-order valence-corrected chi connectivity index (χ1v) is 9.82. The average molecular weight is 425 g/mol. The van der Waals surface area contributed by atoms with E-state index < -0.39 is 11.7 Å². The van der Waals surface area contributed by atoms with Gasteiger partial charge in [-0.2, -0.15) is 13.2 Å². The monoisotopic (exact) mass is 425 g/mol. The molecular formula is C23H18F3N3O2. The van der Waals surface area contributed by atoms with Gasteiger partial charge in [0, 0.05) is 18.2 Å². The molecule has 0 bridgehead atoms. The minimum absolute atomic E-state index is 0.216. The lowest BCUT2D eigenvalue weighted by Gasteiger charge is -2.25. The van der Waals surface area contributed by atoms with Crippen LogP contribution < -0.4 is 5.43 Å². The van der Waals surface area contributed by atoms with Gasteiger partial charge in [-0.25, -0.2) is 5.43 Å². The molecule has 1 aromatic heterocycles. The topological polar surface area (TPSA) is 58.4 Å². The summed E-state index contributed by atoms with van der Waals surface area (Å²) in [5, 5.41) is 5.47. The number of nitrogens with one attached hydrogen (secondary N) is 1. The molecule has 0 saturated heterocycles. The highest BCUT2D eigenvalue weighted by atomic mass is 19.4. The van der Waals surface area contributed by atoms with Crippen LogP contribution in [0.5, 0.6) is 0 Å². The summed E-state index contributed by atoms with van der Waals surface area (Å²) in [5.74, 6) is -0.292. The Hall–Kier alpha value is -3.39. The third kappa shape index (κ3) is 3.14. The van der Waals surface area contributed by atoms with E-state index >= 15 is 0 Å². The largest absolute Gasteiger partial charge is 0.422 e. The van der Waals surface area contributed by atoms with Crippen molar-refractivity contribution in [2.24, 2.45) is 0 Å². The van der Waals surface area contributed by atoms with Crippen LogP contribution in [0, 0.1) is 0 Å². The number of alkyl halides is 3. The lowest BCUT2D eigenvalue weighted by Crippen LogP contribution is -2.31. The Morgan fingerprint density at radius 2 is 1.94 bits per heavy atom. The minimum Gasteiger partial charge on any atom is -0.355 e. The summed E-state index contributed by atoms with van der Waals surface area (Å²) in [7, 11) is 1.68. The summed E-state index contributed by atoms with van der Waals surface area (Å²) in [6.07, 6.45) is -2.66. The highest BCUT2D eigenvalue weighted by Crippen LogP contribution is 2.48. The van der Waals surface area contributed by atoms with E-state index in [2.05, 4.69) is 10.6 Å². The van der Waals surface area contributed by atoms with Crippen molar-refractivity contribution in [2.45, 2.75) is 25.1 Å². The zero-order valence-corrected chi connectivity index (χ0v) is 16.5. The molecule has 8 heteroatoms. The van der Waals surface area contributed by atoms with E-state index in [9.17, 15) is 18.0 Å². The molecule has 31 heavy (non-hydrogen) atoms. The molecule has 2 aromatic carbocycles. The summed E-state index contributed by atoms with van der Waals surface area (Å²) in [6.45, 7) is 0. The van der Waals surface area contributed by atoms with Crippen molar-refractivity contribution in [1.29, 1.82) is 0 Å². The van der Waals surface area contributed by atoms with Gasteiger partial charge in [-0.05, 0) is 35.6 Å². The van der Waals surface area contributed by atoms with Crippen molar-refractivity contribution in [3.63, 3.8) is 0 Å². The highest BCUT2D eigenvalue weighted by molar-refractivity contribution is 5.78. The Labute approximate surface area is 176 Å². The number of aryl methyl sites for hydroxylation is 1. The van der Waals surface area contributed by atoms with E-state index in [1.54, 1.807) is 48.5 Å². The molecule has 1 N–H and O–H groups in total. The summed E-state index contributed by atoms with van der Waals surface area (Å²) < 4.78 is 47.7. The number of rotatable bonds is 3. The Morgan fingerprint density at radius 3 is 2.65 bits per heavy atom. The molecule has 0 radical (unpaired) electrons. The van der Waals surface area contributed by atoms with Gasteiger partial charge in [0.1, 0.15) is 17.5 Å². The van der Waals surface area contributed by atoms with E-state index in [1.165, 1.54) is 0 Å². The predicted molar refractivity (Wildman–Crippen MR) is 108 cm³/mol. The van der Waals surface area contributed by atoms with Gasteiger partial charge < -0.3 is 9.53 Å². The maximum absolute atomic E-state index is 14.2. The van der Waals surface area contributed by atoms with Crippen molar-refractivity contribution < 1.29 is 22.5 Å². The standard InChI is InChI=1S/C23H18F3N3O2/c1-29-21(17-10-8-15-11-13(12-30)7-9-16(15)19(17)27-29)20-18(23(24,25)26)22(31-28-20)14-5-3-2-4-6-14/h2-7,9,11-12,19,27H,8,10H2,1H3. The summed E-state index contributed by atoms with van der Waals surface area (Å²) in [5.41, 5.74) is 6.24. The van der Waals surface area contributed by atoms with Gasteiger partial charge in [-0.1, -0.05) is 47.6 Å². The van der Waals surface area contributed by atoms with E-state index in [4.69, 9.17) is 4.52 Å². The van der Waals surface area contributed by atoms with Crippen LogP contribution in [0.2, 0.25) is 0 Å². The first kappa shape index (κ1) is 19.6. The number of aromatic nitrogens is 1. The maximum Gasteiger partial charge on any atom is 0.422 e. The number of fused-ring (bicyclic) bond motifs is 3. The Bertz CT molecular complexity index is 1200. The predicted octanol–water partition coefficient (Wildman–Crippen LogP) is 5.02. The van der Waals surface area contributed by atoms with Gasteiger partial charge in [-0.15, -0.1) is 0 Å². The Balaban J connectivity index is 1.67. The van der Waals surface area contributed by atoms with Crippen LogP contribution in [-0.2, 0) is 12.6 Å². The van der Waals surface area contributed by atoms with Crippen LogP contribution >= 0.6 is 0 Å². The number of hydrogen-bond donors (Lipinski definition) is 1. The van der Waals surface area contributed by atoms with Crippen molar-refractivity contribution in [3.8, 4) is 11.3 Å². The zero-order valence-electron chi connectivity index (χ0n) is 16.5. The molecule has 1 aliphatic heterocycles. The molecule has 5 nitrogen and oxygen atoms in total. The maximum atomic E-state index is 14.2. The van der Waals surface area contributed by atoms with E-state index in [0.29, 0.717) is 29.7 Å². The van der Waals surface area contributed by atoms with E-state index in [-0.39, 0.29) is 17.5 Å². The second-order valence-corrected chi connectivity index (χ2v) is 7.67. The smallest absolute Gasteiger partial charge is 0.355 e. The summed E-state index contributed by atoms with van der Waals surface area (Å²) in [4.78, 5) is 11.1. The van der Waals surface area contributed by atoms with Crippen LogP contribution in [0.15, 0.2) is 58.6 Å². The SMILES string of the molecule is CN1NC2C(=C1c1noc(-c3ccccc3)c1C(F)(F)F)CCc1cc(C=O)ccc12. The van der Waals surface area contributed by atoms with Gasteiger partial charge in [-0.3, -0.25) is 4.79 Å². The number of benzene rings is 2. The number of nitrogens with zero attached hydrogens (tertiary/aromatic N) is 2. The van der Waals surface area contributed by atoms with Crippen molar-refractivity contribution >= 4 is 12.0 Å². The molecule has 0 amide bonds. The van der Waals surface area contributed by atoms with Gasteiger partial charge in [0.2, 0.25) is 0 Å².